The minimum absolute atomic E-state index is 0.0757. The van der Waals surface area contributed by atoms with E-state index in [0.29, 0.717) is 34.3 Å². The molecular formula is C21H22FN7O. The molecule has 9 heteroatoms. The van der Waals surface area contributed by atoms with Crippen LogP contribution in [0.25, 0.3) is 22.6 Å². The minimum Gasteiger partial charge on any atom is -0.341 e. The van der Waals surface area contributed by atoms with Crippen molar-refractivity contribution in [3.8, 4) is 22.6 Å². The number of aryl methyl sites for hydroxylation is 1. The summed E-state index contributed by atoms with van der Waals surface area (Å²) in [4.78, 5) is 27.6. The second-order valence-electron chi connectivity index (χ2n) is 7.87. The molecule has 5 rings (SSSR count). The van der Waals surface area contributed by atoms with Crippen molar-refractivity contribution < 1.29 is 9.18 Å². The molecule has 154 valence electrons. The molecule has 0 radical (unpaired) electrons. The Morgan fingerprint density at radius 2 is 1.97 bits per heavy atom. The van der Waals surface area contributed by atoms with E-state index in [1.54, 1.807) is 12.3 Å². The molecule has 0 saturated heterocycles. The van der Waals surface area contributed by atoms with Gasteiger partial charge in [0.05, 0.1) is 24.0 Å². The van der Waals surface area contributed by atoms with Crippen molar-refractivity contribution in [1.29, 1.82) is 0 Å². The number of hydrogen-bond acceptors (Lipinski definition) is 6. The van der Waals surface area contributed by atoms with Crippen LogP contribution in [0.2, 0.25) is 0 Å². The van der Waals surface area contributed by atoms with Crippen LogP contribution < -0.4 is 10.2 Å². The van der Waals surface area contributed by atoms with Crippen LogP contribution in [0.15, 0.2) is 24.7 Å². The molecule has 2 N–H and O–H groups in total. The zero-order valence-corrected chi connectivity index (χ0v) is 16.7. The largest absolute Gasteiger partial charge is 0.341 e. The number of nitrogens with zero attached hydrogens (tertiary/aromatic N) is 5. The molecule has 2 aromatic heterocycles. The molecule has 1 aliphatic carbocycles. The van der Waals surface area contributed by atoms with Gasteiger partial charge < -0.3 is 10.2 Å². The molecule has 2 aliphatic rings. The first-order valence-electron chi connectivity index (χ1n) is 10.2. The number of aromatic nitrogens is 5. The zero-order valence-electron chi connectivity index (χ0n) is 16.7. The summed E-state index contributed by atoms with van der Waals surface area (Å²) in [5.74, 6) is 0.943. The van der Waals surface area contributed by atoms with Crippen LogP contribution >= 0.6 is 0 Å². The summed E-state index contributed by atoms with van der Waals surface area (Å²) in [6.07, 6.45) is 8.61. The highest BCUT2D eigenvalue weighted by atomic mass is 19.1. The van der Waals surface area contributed by atoms with Crippen molar-refractivity contribution in [2.75, 3.05) is 16.8 Å². The number of amides is 1. The fourth-order valence-corrected chi connectivity index (χ4v) is 4.36. The third-order valence-corrected chi connectivity index (χ3v) is 5.86. The Balaban J connectivity index is 1.55. The van der Waals surface area contributed by atoms with Gasteiger partial charge in [-0.2, -0.15) is 5.10 Å². The number of anilines is 2. The van der Waals surface area contributed by atoms with Gasteiger partial charge in [0.1, 0.15) is 12.1 Å². The monoisotopic (exact) mass is 407 g/mol. The Bertz CT molecular complexity index is 1090. The lowest BCUT2D eigenvalue weighted by atomic mass is 9.94. The molecule has 0 spiro atoms. The number of rotatable bonds is 3. The van der Waals surface area contributed by atoms with Crippen molar-refractivity contribution in [1.82, 2.24) is 25.1 Å². The van der Waals surface area contributed by atoms with E-state index >= 15 is 0 Å². The van der Waals surface area contributed by atoms with Gasteiger partial charge >= 0.3 is 0 Å². The van der Waals surface area contributed by atoms with Gasteiger partial charge in [0.25, 0.3) is 0 Å². The lowest BCUT2D eigenvalue weighted by Gasteiger charge is -2.37. The first kappa shape index (κ1) is 18.7. The van der Waals surface area contributed by atoms with Crippen molar-refractivity contribution >= 4 is 17.5 Å². The topological polar surface area (TPSA) is 99.7 Å². The Labute approximate surface area is 173 Å². The third kappa shape index (κ3) is 3.30. The number of H-pyrrole nitrogens is 1. The summed E-state index contributed by atoms with van der Waals surface area (Å²) in [5.41, 5.74) is 2.40. The molecule has 0 atom stereocenters. The molecule has 1 fully saturated rings. The predicted octanol–water partition coefficient (Wildman–Crippen LogP) is 3.47. The molecule has 1 aliphatic heterocycles. The maximum Gasteiger partial charge on any atom is 0.245 e. The van der Waals surface area contributed by atoms with Gasteiger partial charge in [0.2, 0.25) is 5.91 Å². The number of carbonyl (C=O) groups excluding carboxylic acids is 1. The van der Waals surface area contributed by atoms with Crippen molar-refractivity contribution in [3.05, 3.63) is 36.0 Å². The van der Waals surface area contributed by atoms with E-state index in [-0.39, 0.29) is 18.5 Å². The summed E-state index contributed by atoms with van der Waals surface area (Å²) < 4.78 is 14.8. The van der Waals surface area contributed by atoms with Crippen LogP contribution in [0.1, 0.15) is 37.7 Å². The summed E-state index contributed by atoms with van der Waals surface area (Å²) >= 11 is 0. The quantitative estimate of drug-likeness (QED) is 0.690. The fraction of sp³-hybridized carbons (Fsp3) is 0.381. The lowest BCUT2D eigenvalue weighted by Crippen LogP contribution is -2.46. The summed E-state index contributed by atoms with van der Waals surface area (Å²) in [6.45, 7) is 2.17. The molecule has 1 aromatic carbocycles. The Morgan fingerprint density at radius 1 is 1.13 bits per heavy atom. The zero-order chi connectivity index (χ0) is 20.7. The van der Waals surface area contributed by atoms with E-state index in [1.165, 1.54) is 18.8 Å². The average molecular weight is 407 g/mol. The predicted molar refractivity (Wildman–Crippen MR) is 110 cm³/mol. The molecule has 0 unspecified atom stereocenters. The number of halogens is 1. The van der Waals surface area contributed by atoms with E-state index in [4.69, 9.17) is 4.98 Å². The average Bonchev–Trinajstić information content (AvgIpc) is 3.29. The van der Waals surface area contributed by atoms with Crippen molar-refractivity contribution in [3.63, 3.8) is 0 Å². The second-order valence-corrected chi connectivity index (χ2v) is 7.87. The molecule has 1 saturated carbocycles. The first-order valence-corrected chi connectivity index (χ1v) is 10.2. The number of benzene rings is 1. The van der Waals surface area contributed by atoms with Crippen LogP contribution in [0.3, 0.4) is 0 Å². The molecule has 30 heavy (non-hydrogen) atoms. The third-order valence-electron chi connectivity index (χ3n) is 5.86. The van der Waals surface area contributed by atoms with Gasteiger partial charge in [-0.15, -0.1) is 0 Å². The van der Waals surface area contributed by atoms with Crippen LogP contribution in [-0.2, 0) is 4.79 Å². The molecular weight excluding hydrogens is 385 g/mol. The molecule has 0 bridgehead atoms. The van der Waals surface area contributed by atoms with Gasteiger partial charge in [-0.25, -0.2) is 19.3 Å². The van der Waals surface area contributed by atoms with E-state index in [2.05, 4.69) is 30.4 Å². The highest BCUT2D eigenvalue weighted by Gasteiger charge is 2.31. The Morgan fingerprint density at radius 3 is 2.73 bits per heavy atom. The van der Waals surface area contributed by atoms with Gasteiger partial charge in [-0.1, -0.05) is 19.3 Å². The SMILES string of the molecule is Cc1cc(-c2nc[nH]n2)c(F)cc1-c1cnc2c(n1)N(C1CCCCC1)CC(=O)N2. The van der Waals surface area contributed by atoms with Gasteiger partial charge in [-0.05, 0) is 37.5 Å². The maximum absolute atomic E-state index is 14.8. The normalized spacial score (nSPS) is 17.0. The first-order chi connectivity index (χ1) is 14.6. The van der Waals surface area contributed by atoms with E-state index < -0.39 is 5.82 Å². The standard InChI is InChI=1S/C21H22FN7O/c1-12-7-15(19-24-11-25-28-19)16(22)8-14(12)17-9-23-20-21(26-17)29(10-18(30)27-20)13-5-3-2-4-6-13/h7-9,11,13H,2-6,10H2,1H3,(H,23,27,30)(H,24,25,28). The second kappa shape index (κ2) is 7.47. The number of nitrogens with one attached hydrogen (secondary N) is 2. The molecule has 3 aromatic rings. The Kier molecular flexibility index (Phi) is 4.65. The summed E-state index contributed by atoms with van der Waals surface area (Å²) in [6, 6.07) is 3.44. The van der Waals surface area contributed by atoms with Gasteiger partial charge in [-0.3, -0.25) is 9.89 Å². The number of carbonyl (C=O) groups is 1. The lowest BCUT2D eigenvalue weighted by molar-refractivity contribution is -0.115. The van der Waals surface area contributed by atoms with Crippen LogP contribution in [0.4, 0.5) is 16.0 Å². The van der Waals surface area contributed by atoms with E-state index in [0.717, 1.165) is 31.2 Å². The Hall–Kier alpha value is -3.36. The summed E-state index contributed by atoms with van der Waals surface area (Å²) in [7, 11) is 0. The number of hydrogen-bond donors (Lipinski definition) is 2. The smallest absolute Gasteiger partial charge is 0.245 e. The number of fused-ring (bicyclic) bond motifs is 1. The van der Waals surface area contributed by atoms with Crippen molar-refractivity contribution in [2.24, 2.45) is 0 Å². The fourth-order valence-electron chi connectivity index (χ4n) is 4.36. The van der Waals surface area contributed by atoms with Crippen LogP contribution in [-0.4, -0.2) is 43.6 Å². The van der Waals surface area contributed by atoms with E-state index in [9.17, 15) is 9.18 Å². The highest BCUT2D eigenvalue weighted by molar-refractivity contribution is 5.99. The van der Waals surface area contributed by atoms with Crippen molar-refractivity contribution in [2.45, 2.75) is 45.1 Å². The minimum atomic E-state index is -0.424. The molecule has 1 amide bonds. The van der Waals surface area contributed by atoms with Crippen LogP contribution in [0, 0.1) is 12.7 Å². The number of aromatic amines is 1. The summed E-state index contributed by atoms with van der Waals surface area (Å²) in [5, 5.41) is 9.38. The molecule has 3 heterocycles. The van der Waals surface area contributed by atoms with Gasteiger partial charge in [0.15, 0.2) is 17.5 Å². The molecule has 8 nitrogen and oxygen atoms in total. The van der Waals surface area contributed by atoms with E-state index in [1.807, 2.05) is 6.92 Å². The highest BCUT2D eigenvalue weighted by Crippen LogP contribution is 2.35. The van der Waals surface area contributed by atoms with Gasteiger partial charge in [0, 0.05) is 11.6 Å². The van der Waals surface area contributed by atoms with Crippen LogP contribution in [0.5, 0.6) is 0 Å². The maximum atomic E-state index is 14.8.